The van der Waals surface area contributed by atoms with Crippen molar-refractivity contribution >= 4 is 10.9 Å². The largest absolute Gasteiger partial charge is 0.308 e. The van der Waals surface area contributed by atoms with E-state index in [0.29, 0.717) is 6.04 Å². The third kappa shape index (κ3) is 2.54. The molecule has 2 aromatic heterocycles. The van der Waals surface area contributed by atoms with Crippen LogP contribution in [0.3, 0.4) is 0 Å². The molecule has 1 aliphatic carbocycles. The van der Waals surface area contributed by atoms with Gasteiger partial charge in [0.1, 0.15) is 0 Å². The molecule has 0 amide bonds. The molecule has 0 aliphatic heterocycles. The van der Waals surface area contributed by atoms with Crippen LogP contribution in [-0.4, -0.2) is 20.8 Å². The van der Waals surface area contributed by atoms with Crippen molar-refractivity contribution in [2.45, 2.75) is 32.4 Å². The van der Waals surface area contributed by atoms with E-state index >= 15 is 0 Å². The predicted octanol–water partition coefficient (Wildman–Crippen LogP) is 2.98. The normalized spacial score (nSPS) is 14.7. The van der Waals surface area contributed by atoms with E-state index in [1.807, 2.05) is 23.0 Å². The lowest BCUT2D eigenvalue weighted by atomic mass is 10.1. The molecule has 4 heteroatoms. The van der Waals surface area contributed by atoms with Crippen molar-refractivity contribution in [3.63, 3.8) is 0 Å². The molecule has 0 bridgehead atoms. The Hall–Kier alpha value is -2.20. The van der Waals surface area contributed by atoms with Gasteiger partial charge in [-0.15, -0.1) is 0 Å². The Morgan fingerprint density at radius 2 is 2.14 bits per heavy atom. The molecule has 1 aromatic carbocycles. The predicted molar refractivity (Wildman–Crippen MR) is 83.5 cm³/mol. The van der Waals surface area contributed by atoms with Gasteiger partial charge >= 0.3 is 0 Å². The molecular formula is C17H18N4. The van der Waals surface area contributed by atoms with Crippen molar-refractivity contribution < 1.29 is 0 Å². The smallest absolute Gasteiger partial charge is 0.0758 e. The van der Waals surface area contributed by atoms with Gasteiger partial charge < -0.3 is 5.32 Å². The maximum absolute atomic E-state index is 4.76. The molecule has 0 radical (unpaired) electrons. The molecule has 0 unspecified atom stereocenters. The Morgan fingerprint density at radius 1 is 1.29 bits per heavy atom. The Morgan fingerprint density at radius 3 is 2.90 bits per heavy atom. The molecular weight excluding hydrogens is 260 g/mol. The van der Waals surface area contributed by atoms with Crippen molar-refractivity contribution in [1.82, 2.24) is 20.1 Å². The maximum Gasteiger partial charge on any atom is 0.0758 e. The summed E-state index contributed by atoms with van der Waals surface area (Å²) in [5, 5.41) is 9.12. The van der Waals surface area contributed by atoms with Crippen LogP contribution in [-0.2, 0) is 6.54 Å². The van der Waals surface area contributed by atoms with Gasteiger partial charge in [-0.2, -0.15) is 5.10 Å². The fourth-order valence-electron chi connectivity index (χ4n) is 2.57. The Labute approximate surface area is 123 Å². The second-order valence-electron chi connectivity index (χ2n) is 5.77. The Bertz CT molecular complexity index is 786. The van der Waals surface area contributed by atoms with E-state index in [0.717, 1.165) is 34.4 Å². The van der Waals surface area contributed by atoms with Crippen molar-refractivity contribution in [1.29, 1.82) is 0 Å². The van der Waals surface area contributed by atoms with Crippen LogP contribution >= 0.6 is 0 Å². The van der Waals surface area contributed by atoms with Crippen molar-refractivity contribution in [2.24, 2.45) is 0 Å². The number of aryl methyl sites for hydroxylation is 1. The minimum absolute atomic E-state index is 0.689. The van der Waals surface area contributed by atoms with Gasteiger partial charge in [-0.05, 0) is 37.5 Å². The minimum atomic E-state index is 0.689. The number of hydrogen-bond acceptors (Lipinski definition) is 3. The monoisotopic (exact) mass is 278 g/mol. The lowest BCUT2D eigenvalue weighted by Gasteiger charge is -2.10. The van der Waals surface area contributed by atoms with Crippen LogP contribution < -0.4 is 5.32 Å². The maximum atomic E-state index is 4.76. The van der Waals surface area contributed by atoms with Crippen LogP contribution in [0.5, 0.6) is 0 Å². The highest BCUT2D eigenvalue weighted by molar-refractivity contribution is 5.87. The molecule has 0 spiro atoms. The molecule has 1 aliphatic rings. The Balaban J connectivity index is 1.81. The van der Waals surface area contributed by atoms with E-state index in [-0.39, 0.29) is 0 Å². The van der Waals surface area contributed by atoms with Gasteiger partial charge in [0.2, 0.25) is 0 Å². The standard InChI is InChI=1S/C17H18N4/c1-12-9-19-21(11-12)17-8-14(10-18-13-6-7-13)20-16-5-3-2-4-15(16)17/h2-5,8-9,11,13,18H,6-7,10H2,1H3. The Kier molecular flexibility index (Phi) is 2.97. The van der Waals surface area contributed by atoms with E-state index in [4.69, 9.17) is 4.98 Å². The van der Waals surface area contributed by atoms with Gasteiger partial charge in [0.05, 0.1) is 23.1 Å². The second-order valence-corrected chi connectivity index (χ2v) is 5.77. The topological polar surface area (TPSA) is 42.7 Å². The quantitative estimate of drug-likeness (QED) is 0.798. The van der Waals surface area contributed by atoms with Crippen molar-refractivity contribution in [3.8, 4) is 5.69 Å². The molecule has 21 heavy (non-hydrogen) atoms. The summed E-state index contributed by atoms with van der Waals surface area (Å²) in [5.74, 6) is 0. The fourth-order valence-corrected chi connectivity index (χ4v) is 2.57. The second kappa shape index (κ2) is 4.97. The number of benzene rings is 1. The molecule has 4 rings (SSSR count). The summed E-state index contributed by atoms with van der Waals surface area (Å²) in [7, 11) is 0. The van der Waals surface area contributed by atoms with E-state index < -0.39 is 0 Å². The summed E-state index contributed by atoms with van der Waals surface area (Å²) in [6.45, 7) is 2.88. The number of pyridine rings is 1. The fraction of sp³-hybridized carbons (Fsp3) is 0.294. The van der Waals surface area contributed by atoms with Crippen LogP contribution in [0, 0.1) is 6.92 Å². The molecule has 4 nitrogen and oxygen atoms in total. The highest BCUT2D eigenvalue weighted by Gasteiger charge is 2.20. The zero-order chi connectivity index (χ0) is 14.2. The van der Waals surface area contributed by atoms with Crippen molar-refractivity contribution in [2.75, 3.05) is 0 Å². The lowest BCUT2D eigenvalue weighted by Crippen LogP contribution is -2.16. The average Bonchev–Trinajstić information content (AvgIpc) is 3.24. The zero-order valence-corrected chi connectivity index (χ0v) is 12.1. The molecule has 3 aromatic rings. The third-order valence-corrected chi connectivity index (χ3v) is 3.86. The summed E-state index contributed by atoms with van der Waals surface area (Å²) in [5.41, 5.74) is 4.36. The van der Waals surface area contributed by atoms with E-state index in [2.05, 4.69) is 41.7 Å². The van der Waals surface area contributed by atoms with Gasteiger partial charge in [-0.25, -0.2) is 4.68 Å². The summed E-state index contributed by atoms with van der Waals surface area (Å²) in [4.78, 5) is 4.76. The van der Waals surface area contributed by atoms with E-state index in [1.165, 1.54) is 12.8 Å². The molecule has 2 heterocycles. The number of hydrogen-bond donors (Lipinski definition) is 1. The zero-order valence-electron chi connectivity index (χ0n) is 12.1. The first-order valence-corrected chi connectivity index (χ1v) is 7.43. The van der Waals surface area contributed by atoms with Gasteiger partial charge in [0.15, 0.2) is 0 Å². The number of nitrogens with one attached hydrogen (secondary N) is 1. The van der Waals surface area contributed by atoms with Crippen LogP contribution in [0.1, 0.15) is 24.1 Å². The molecule has 0 atom stereocenters. The summed E-state index contributed by atoms with van der Waals surface area (Å²) in [6.07, 6.45) is 6.52. The highest BCUT2D eigenvalue weighted by Crippen LogP contribution is 2.23. The SMILES string of the molecule is Cc1cnn(-c2cc(CNC3CC3)nc3ccccc23)c1. The first-order valence-electron chi connectivity index (χ1n) is 7.43. The molecule has 106 valence electrons. The number of fused-ring (bicyclic) bond motifs is 1. The van der Waals surface area contributed by atoms with Crippen LogP contribution in [0.25, 0.3) is 16.6 Å². The third-order valence-electron chi connectivity index (χ3n) is 3.86. The van der Waals surface area contributed by atoms with Crippen LogP contribution in [0.15, 0.2) is 42.7 Å². The molecule has 1 saturated carbocycles. The van der Waals surface area contributed by atoms with E-state index in [9.17, 15) is 0 Å². The first-order chi connectivity index (χ1) is 10.3. The number of aromatic nitrogens is 3. The van der Waals surface area contributed by atoms with Gasteiger partial charge in [0, 0.05) is 24.2 Å². The van der Waals surface area contributed by atoms with Crippen LogP contribution in [0.2, 0.25) is 0 Å². The number of rotatable bonds is 4. The van der Waals surface area contributed by atoms with E-state index in [1.54, 1.807) is 0 Å². The van der Waals surface area contributed by atoms with Gasteiger partial charge in [-0.3, -0.25) is 4.98 Å². The summed E-state index contributed by atoms with van der Waals surface area (Å²) in [6, 6.07) is 11.1. The lowest BCUT2D eigenvalue weighted by molar-refractivity contribution is 0.675. The molecule has 1 N–H and O–H groups in total. The summed E-state index contributed by atoms with van der Waals surface area (Å²) >= 11 is 0. The van der Waals surface area contributed by atoms with Gasteiger partial charge in [-0.1, -0.05) is 18.2 Å². The highest BCUT2D eigenvalue weighted by atomic mass is 15.3. The number of nitrogens with zero attached hydrogens (tertiary/aromatic N) is 3. The first kappa shape index (κ1) is 12.5. The summed E-state index contributed by atoms with van der Waals surface area (Å²) < 4.78 is 1.94. The van der Waals surface area contributed by atoms with Crippen molar-refractivity contribution in [3.05, 3.63) is 54.0 Å². The van der Waals surface area contributed by atoms with Crippen LogP contribution in [0.4, 0.5) is 0 Å². The van der Waals surface area contributed by atoms with Gasteiger partial charge in [0.25, 0.3) is 0 Å². The molecule has 0 saturated heterocycles. The average molecular weight is 278 g/mol. The number of para-hydroxylation sites is 1. The minimum Gasteiger partial charge on any atom is -0.308 e. The molecule has 1 fully saturated rings.